The Bertz CT molecular complexity index is 695. The van der Waals surface area contributed by atoms with Gasteiger partial charge in [0, 0.05) is 5.75 Å². The number of rotatable bonds is 6. The van der Waals surface area contributed by atoms with Crippen molar-refractivity contribution in [1.29, 1.82) is 0 Å². The third kappa shape index (κ3) is 3.50. The van der Waals surface area contributed by atoms with Gasteiger partial charge in [-0.15, -0.1) is 11.8 Å². The molecule has 4 nitrogen and oxygen atoms in total. The largest absolute Gasteiger partial charge is 0.468 e. The summed E-state index contributed by atoms with van der Waals surface area (Å²) in [6.45, 7) is 1.78. The number of hydrogen-bond donors (Lipinski definition) is 0. The van der Waals surface area contributed by atoms with Crippen molar-refractivity contribution >= 4 is 34.5 Å². The molecule has 122 valence electrons. The van der Waals surface area contributed by atoms with Crippen molar-refractivity contribution in [2.75, 3.05) is 14.2 Å². The average molecular weight is 332 g/mol. The molecule has 0 radical (unpaired) electrons. The first-order valence-corrected chi connectivity index (χ1v) is 8.34. The van der Waals surface area contributed by atoms with Crippen molar-refractivity contribution < 1.29 is 19.1 Å². The van der Waals surface area contributed by atoms with Gasteiger partial charge < -0.3 is 9.47 Å². The summed E-state index contributed by atoms with van der Waals surface area (Å²) in [4.78, 5) is 24.3. The lowest BCUT2D eigenvalue weighted by Gasteiger charge is -2.26. The first-order chi connectivity index (χ1) is 11.1. The smallest absolute Gasteiger partial charge is 0.333 e. The number of benzene rings is 2. The molecule has 0 heterocycles. The van der Waals surface area contributed by atoms with Gasteiger partial charge in [0.2, 0.25) is 4.75 Å². The van der Waals surface area contributed by atoms with Crippen LogP contribution in [0.2, 0.25) is 0 Å². The lowest BCUT2D eigenvalue weighted by Crippen LogP contribution is -2.44. The minimum absolute atomic E-state index is 0.310. The van der Waals surface area contributed by atoms with Crippen LogP contribution in [-0.2, 0) is 24.8 Å². The van der Waals surface area contributed by atoms with E-state index in [4.69, 9.17) is 9.47 Å². The summed E-state index contributed by atoms with van der Waals surface area (Å²) in [6, 6.07) is 14.2. The first kappa shape index (κ1) is 17.3. The average Bonchev–Trinajstić information content (AvgIpc) is 2.61. The molecule has 23 heavy (non-hydrogen) atoms. The molecular weight excluding hydrogens is 312 g/mol. The number of ether oxygens (including phenoxy) is 2. The van der Waals surface area contributed by atoms with Crippen LogP contribution in [0.1, 0.15) is 18.9 Å². The van der Waals surface area contributed by atoms with E-state index in [1.54, 1.807) is 6.92 Å². The Morgan fingerprint density at radius 3 is 2.17 bits per heavy atom. The zero-order valence-electron chi connectivity index (χ0n) is 13.5. The molecule has 0 bridgehead atoms. The molecular formula is C18H20O4S. The highest BCUT2D eigenvalue weighted by Crippen LogP contribution is 2.35. The van der Waals surface area contributed by atoms with Crippen molar-refractivity contribution in [2.24, 2.45) is 0 Å². The molecule has 0 saturated heterocycles. The zero-order chi connectivity index (χ0) is 16.9. The number of thioether (sulfide) groups is 1. The molecule has 0 aliphatic heterocycles. The van der Waals surface area contributed by atoms with E-state index in [0.29, 0.717) is 12.2 Å². The summed E-state index contributed by atoms with van der Waals surface area (Å²) in [6.07, 6.45) is 0.310. The van der Waals surface area contributed by atoms with Crippen LogP contribution < -0.4 is 0 Å². The van der Waals surface area contributed by atoms with Crippen molar-refractivity contribution in [1.82, 2.24) is 0 Å². The third-order valence-electron chi connectivity index (χ3n) is 3.83. The van der Waals surface area contributed by atoms with E-state index in [1.165, 1.54) is 26.0 Å². The van der Waals surface area contributed by atoms with Gasteiger partial charge in [-0.2, -0.15) is 0 Å². The fourth-order valence-corrected chi connectivity index (χ4v) is 3.66. The van der Waals surface area contributed by atoms with Crippen LogP contribution in [0, 0.1) is 0 Å². The molecule has 0 aliphatic carbocycles. The monoisotopic (exact) mass is 332 g/mol. The van der Waals surface area contributed by atoms with Gasteiger partial charge >= 0.3 is 11.9 Å². The Morgan fingerprint density at radius 2 is 1.61 bits per heavy atom. The Kier molecular flexibility index (Phi) is 5.66. The van der Waals surface area contributed by atoms with E-state index < -0.39 is 16.7 Å². The number of esters is 2. The number of hydrogen-bond acceptors (Lipinski definition) is 5. The lowest BCUT2D eigenvalue weighted by atomic mass is 10.1. The third-order valence-corrected chi connectivity index (χ3v) is 5.42. The van der Waals surface area contributed by atoms with E-state index in [0.717, 1.165) is 16.3 Å². The van der Waals surface area contributed by atoms with Gasteiger partial charge in [-0.1, -0.05) is 49.4 Å². The van der Waals surface area contributed by atoms with Gasteiger partial charge in [-0.3, -0.25) is 0 Å². The molecule has 0 unspecified atom stereocenters. The highest BCUT2D eigenvalue weighted by atomic mass is 32.2. The summed E-state index contributed by atoms with van der Waals surface area (Å²) in [5.74, 6) is -0.627. The van der Waals surface area contributed by atoms with Crippen molar-refractivity contribution in [3.05, 3.63) is 48.0 Å². The second kappa shape index (κ2) is 7.51. The second-order valence-corrected chi connectivity index (χ2v) is 6.41. The molecule has 2 rings (SSSR count). The normalized spacial score (nSPS) is 11.3. The van der Waals surface area contributed by atoms with Crippen LogP contribution in [0.5, 0.6) is 0 Å². The van der Waals surface area contributed by atoms with Crippen molar-refractivity contribution in [2.45, 2.75) is 23.8 Å². The van der Waals surface area contributed by atoms with E-state index in [9.17, 15) is 9.59 Å². The quantitative estimate of drug-likeness (QED) is 0.598. The Morgan fingerprint density at radius 1 is 1.00 bits per heavy atom. The number of fused-ring (bicyclic) bond motifs is 1. The first-order valence-electron chi connectivity index (χ1n) is 7.36. The number of carbonyl (C=O) groups excluding carboxylic acids is 2. The van der Waals surface area contributed by atoms with Crippen molar-refractivity contribution in [3.8, 4) is 0 Å². The second-order valence-electron chi connectivity index (χ2n) is 5.13. The Hall–Kier alpha value is -2.01. The SMILES string of the molecule is CCC(SCc1ccc2ccccc2c1)(C(=O)OC)C(=O)OC. The summed E-state index contributed by atoms with van der Waals surface area (Å²) < 4.78 is 8.33. The molecule has 0 saturated carbocycles. The Balaban J connectivity index is 2.25. The predicted molar refractivity (Wildman–Crippen MR) is 92.3 cm³/mol. The molecule has 0 amide bonds. The van der Waals surface area contributed by atoms with Gasteiger partial charge in [0.25, 0.3) is 0 Å². The maximum Gasteiger partial charge on any atom is 0.333 e. The van der Waals surface area contributed by atoms with E-state index in [1.807, 2.05) is 36.4 Å². The molecule has 0 atom stereocenters. The standard InChI is InChI=1S/C18H20O4S/c1-4-18(16(19)21-2,17(20)22-3)23-12-13-9-10-14-7-5-6-8-15(14)11-13/h5-11H,4,12H2,1-3H3. The van der Waals surface area contributed by atoms with Gasteiger partial charge in [0.05, 0.1) is 14.2 Å². The summed E-state index contributed by atoms with van der Waals surface area (Å²) >= 11 is 1.25. The highest BCUT2D eigenvalue weighted by molar-refractivity contribution is 8.01. The number of methoxy groups -OCH3 is 2. The van der Waals surface area contributed by atoms with E-state index in [2.05, 4.69) is 6.07 Å². The summed E-state index contributed by atoms with van der Waals surface area (Å²) in [5, 5.41) is 2.28. The maximum atomic E-state index is 12.2. The van der Waals surface area contributed by atoms with E-state index >= 15 is 0 Å². The molecule has 0 fully saturated rings. The van der Waals surface area contributed by atoms with Crippen molar-refractivity contribution in [3.63, 3.8) is 0 Å². The zero-order valence-corrected chi connectivity index (χ0v) is 14.3. The van der Waals surface area contributed by atoms with Crippen LogP contribution in [0.15, 0.2) is 42.5 Å². The fourth-order valence-electron chi connectivity index (χ4n) is 2.46. The summed E-state index contributed by atoms with van der Waals surface area (Å²) in [7, 11) is 2.57. The predicted octanol–water partition coefficient (Wildman–Crippen LogP) is 3.57. The molecule has 0 aliphatic rings. The van der Waals surface area contributed by atoms with Crippen LogP contribution in [0.3, 0.4) is 0 Å². The molecule has 2 aromatic carbocycles. The molecule has 0 spiro atoms. The maximum absolute atomic E-state index is 12.2. The lowest BCUT2D eigenvalue weighted by molar-refractivity contribution is -0.156. The molecule has 0 aromatic heterocycles. The minimum atomic E-state index is -1.32. The summed E-state index contributed by atoms with van der Waals surface area (Å²) in [5.41, 5.74) is 1.04. The van der Waals surface area contributed by atoms with Gasteiger partial charge in [0.15, 0.2) is 0 Å². The number of carbonyl (C=O) groups is 2. The topological polar surface area (TPSA) is 52.6 Å². The van der Waals surface area contributed by atoms with Crippen LogP contribution >= 0.6 is 11.8 Å². The molecule has 0 N–H and O–H groups in total. The van der Waals surface area contributed by atoms with Gasteiger partial charge in [-0.25, -0.2) is 9.59 Å². The van der Waals surface area contributed by atoms with Crippen LogP contribution in [-0.4, -0.2) is 30.9 Å². The molecule has 5 heteroatoms. The van der Waals surface area contributed by atoms with Crippen LogP contribution in [0.4, 0.5) is 0 Å². The fraction of sp³-hybridized carbons (Fsp3) is 0.333. The van der Waals surface area contributed by atoms with Gasteiger partial charge in [0.1, 0.15) is 0 Å². The highest BCUT2D eigenvalue weighted by Gasteiger charge is 2.47. The minimum Gasteiger partial charge on any atom is -0.468 e. The van der Waals surface area contributed by atoms with Crippen LogP contribution in [0.25, 0.3) is 10.8 Å². The Labute approximate surface area is 140 Å². The van der Waals surface area contributed by atoms with Gasteiger partial charge in [-0.05, 0) is 22.8 Å². The van der Waals surface area contributed by atoms with E-state index in [-0.39, 0.29) is 0 Å². The molecule has 2 aromatic rings.